The van der Waals surface area contributed by atoms with Crippen molar-refractivity contribution in [1.29, 1.82) is 0 Å². The number of rotatable bonds is 5. The third kappa shape index (κ3) is 4.04. The van der Waals surface area contributed by atoms with Gasteiger partial charge in [-0.3, -0.25) is 14.5 Å². The van der Waals surface area contributed by atoms with E-state index in [1.165, 1.54) is 0 Å². The molecule has 1 saturated heterocycles. The van der Waals surface area contributed by atoms with Gasteiger partial charge in [0.1, 0.15) is 5.65 Å². The minimum atomic E-state index is -0.222. The zero-order valence-corrected chi connectivity index (χ0v) is 15.6. The predicted octanol–water partition coefficient (Wildman–Crippen LogP) is 1.41. The lowest BCUT2D eigenvalue weighted by atomic mass is 10.2. The predicted molar refractivity (Wildman–Crippen MR) is 106 cm³/mol. The second-order valence-corrected chi connectivity index (χ2v) is 6.88. The second kappa shape index (κ2) is 8.22. The highest BCUT2D eigenvalue weighted by Gasteiger charge is 2.22. The van der Waals surface area contributed by atoms with Crippen LogP contribution in [0.3, 0.4) is 0 Å². The van der Waals surface area contributed by atoms with Gasteiger partial charge in [-0.1, -0.05) is 24.3 Å². The molecule has 7 nitrogen and oxygen atoms in total. The molecule has 0 spiro atoms. The van der Waals surface area contributed by atoms with Crippen molar-refractivity contribution in [3.63, 3.8) is 0 Å². The number of carbonyl (C=O) groups is 2. The average Bonchev–Trinajstić information content (AvgIpc) is 3.16. The molecule has 1 aromatic carbocycles. The Hall–Kier alpha value is -3.19. The Morgan fingerprint density at radius 2 is 1.71 bits per heavy atom. The number of pyridine rings is 1. The molecule has 1 fully saturated rings. The normalized spacial score (nSPS) is 14.9. The smallest absolute Gasteiger partial charge is 0.251 e. The zero-order chi connectivity index (χ0) is 19.3. The summed E-state index contributed by atoms with van der Waals surface area (Å²) in [5.41, 5.74) is 2.65. The number of benzene rings is 1. The lowest BCUT2D eigenvalue weighted by Crippen LogP contribution is -2.50. The van der Waals surface area contributed by atoms with Gasteiger partial charge in [-0.05, 0) is 24.3 Å². The van der Waals surface area contributed by atoms with E-state index in [0.29, 0.717) is 18.7 Å². The van der Waals surface area contributed by atoms with Crippen molar-refractivity contribution < 1.29 is 9.59 Å². The number of imidazole rings is 1. The van der Waals surface area contributed by atoms with E-state index in [-0.39, 0.29) is 18.4 Å². The van der Waals surface area contributed by atoms with Gasteiger partial charge >= 0.3 is 0 Å². The van der Waals surface area contributed by atoms with Crippen LogP contribution in [0.15, 0.2) is 60.9 Å². The van der Waals surface area contributed by atoms with Gasteiger partial charge in [0, 0.05) is 44.5 Å². The molecule has 28 heavy (non-hydrogen) atoms. The highest BCUT2D eigenvalue weighted by Crippen LogP contribution is 2.11. The molecule has 0 bridgehead atoms. The van der Waals surface area contributed by atoms with Gasteiger partial charge in [0.2, 0.25) is 5.91 Å². The van der Waals surface area contributed by atoms with Crippen molar-refractivity contribution in [2.75, 3.05) is 32.7 Å². The Morgan fingerprint density at radius 3 is 2.50 bits per heavy atom. The Morgan fingerprint density at radius 1 is 0.964 bits per heavy atom. The first-order valence-corrected chi connectivity index (χ1v) is 9.45. The highest BCUT2D eigenvalue weighted by atomic mass is 16.2. The summed E-state index contributed by atoms with van der Waals surface area (Å²) < 4.78 is 2.09. The summed E-state index contributed by atoms with van der Waals surface area (Å²) in [6.45, 7) is 3.77. The highest BCUT2D eigenvalue weighted by molar-refractivity contribution is 5.96. The number of aromatic nitrogens is 2. The van der Waals surface area contributed by atoms with Crippen LogP contribution in [0, 0.1) is 0 Å². The molecule has 3 heterocycles. The summed E-state index contributed by atoms with van der Waals surface area (Å²) in [6, 6.07) is 14.9. The Balaban J connectivity index is 1.25. The largest absolute Gasteiger partial charge is 0.343 e. The maximum absolute atomic E-state index is 12.4. The fourth-order valence-electron chi connectivity index (χ4n) is 3.45. The molecule has 1 N–H and O–H groups in total. The molecule has 1 aliphatic heterocycles. The topological polar surface area (TPSA) is 70.0 Å². The third-order valence-electron chi connectivity index (χ3n) is 5.04. The molecule has 4 rings (SSSR count). The number of hydrogen-bond donors (Lipinski definition) is 1. The molecule has 2 amide bonds. The molecule has 7 heteroatoms. The van der Waals surface area contributed by atoms with E-state index in [1.807, 2.05) is 41.6 Å². The molecule has 0 aliphatic carbocycles. The van der Waals surface area contributed by atoms with Gasteiger partial charge in [-0.15, -0.1) is 0 Å². The van der Waals surface area contributed by atoms with Gasteiger partial charge < -0.3 is 14.6 Å². The monoisotopic (exact) mass is 377 g/mol. The van der Waals surface area contributed by atoms with E-state index in [4.69, 9.17) is 0 Å². The summed E-state index contributed by atoms with van der Waals surface area (Å²) in [7, 11) is 0. The number of hydrogen-bond acceptors (Lipinski definition) is 4. The first-order chi connectivity index (χ1) is 13.7. The lowest BCUT2D eigenvalue weighted by Gasteiger charge is -2.34. The van der Waals surface area contributed by atoms with Crippen molar-refractivity contribution in [3.05, 3.63) is 72.2 Å². The van der Waals surface area contributed by atoms with Crippen molar-refractivity contribution in [2.24, 2.45) is 0 Å². The van der Waals surface area contributed by atoms with Gasteiger partial charge in [-0.2, -0.15) is 0 Å². The summed E-state index contributed by atoms with van der Waals surface area (Å²) in [4.78, 5) is 33.0. The fraction of sp³-hybridized carbons (Fsp3) is 0.286. The number of nitrogens with zero attached hydrogens (tertiary/aromatic N) is 4. The summed E-state index contributed by atoms with van der Waals surface area (Å²) in [5.74, 6) is -0.265. The van der Waals surface area contributed by atoms with E-state index in [9.17, 15) is 9.59 Å². The van der Waals surface area contributed by atoms with E-state index < -0.39 is 0 Å². The summed E-state index contributed by atoms with van der Waals surface area (Å²) in [5, 5.41) is 2.71. The van der Waals surface area contributed by atoms with Crippen LogP contribution in [0.5, 0.6) is 0 Å². The molecule has 0 atom stereocenters. The first-order valence-electron chi connectivity index (χ1n) is 9.45. The van der Waals surface area contributed by atoms with Crippen molar-refractivity contribution in [2.45, 2.75) is 6.54 Å². The summed E-state index contributed by atoms with van der Waals surface area (Å²) in [6.07, 6.45) is 3.93. The van der Waals surface area contributed by atoms with Gasteiger partial charge in [-0.25, -0.2) is 4.98 Å². The maximum Gasteiger partial charge on any atom is 0.251 e. The Kier molecular flexibility index (Phi) is 5.34. The van der Waals surface area contributed by atoms with Gasteiger partial charge in [0.25, 0.3) is 5.91 Å². The van der Waals surface area contributed by atoms with Crippen LogP contribution in [0.2, 0.25) is 0 Å². The van der Waals surface area contributed by atoms with Crippen LogP contribution in [0.25, 0.3) is 5.65 Å². The molecule has 144 valence electrons. The maximum atomic E-state index is 12.4. The SMILES string of the molecule is O=C(NCC(=O)N1CCN(Cc2cnc3ccccn23)CC1)c1ccccc1. The molecule has 2 aromatic heterocycles. The van der Waals surface area contributed by atoms with E-state index >= 15 is 0 Å². The minimum absolute atomic E-state index is 0.0288. The molecular weight excluding hydrogens is 354 g/mol. The standard InChI is InChI=1S/C21H23N5O2/c27-20(15-23-21(28)17-6-2-1-3-7-17)25-12-10-24(11-13-25)16-18-14-22-19-8-4-5-9-26(18)19/h1-9,14H,10-13,15-16H2,(H,23,28). The Labute approximate surface area is 163 Å². The number of piperazine rings is 1. The number of fused-ring (bicyclic) bond motifs is 1. The molecule has 1 aliphatic rings. The minimum Gasteiger partial charge on any atom is -0.343 e. The van der Waals surface area contributed by atoms with Crippen molar-refractivity contribution in [1.82, 2.24) is 24.5 Å². The molecule has 0 unspecified atom stereocenters. The van der Waals surface area contributed by atoms with Crippen LogP contribution in [0.1, 0.15) is 16.1 Å². The quantitative estimate of drug-likeness (QED) is 0.730. The van der Waals surface area contributed by atoms with Crippen molar-refractivity contribution in [3.8, 4) is 0 Å². The molecule has 3 aromatic rings. The third-order valence-corrected chi connectivity index (χ3v) is 5.04. The zero-order valence-electron chi connectivity index (χ0n) is 15.6. The fourth-order valence-corrected chi connectivity index (χ4v) is 3.45. The van der Waals surface area contributed by atoms with Crippen LogP contribution in [-0.4, -0.2) is 63.7 Å². The summed E-state index contributed by atoms with van der Waals surface area (Å²) >= 11 is 0. The number of amides is 2. The van der Waals surface area contributed by atoms with Crippen LogP contribution >= 0.6 is 0 Å². The average molecular weight is 377 g/mol. The molecular formula is C21H23N5O2. The second-order valence-electron chi connectivity index (χ2n) is 6.88. The Bertz CT molecular complexity index is 961. The van der Waals surface area contributed by atoms with Gasteiger partial charge in [0.15, 0.2) is 0 Å². The van der Waals surface area contributed by atoms with E-state index in [2.05, 4.69) is 19.6 Å². The molecule has 0 saturated carbocycles. The van der Waals surface area contributed by atoms with E-state index in [1.54, 1.807) is 24.3 Å². The van der Waals surface area contributed by atoms with Crippen LogP contribution in [-0.2, 0) is 11.3 Å². The van der Waals surface area contributed by atoms with Crippen LogP contribution in [0.4, 0.5) is 0 Å². The number of nitrogens with one attached hydrogen (secondary N) is 1. The van der Waals surface area contributed by atoms with Gasteiger partial charge in [0.05, 0.1) is 18.4 Å². The van der Waals surface area contributed by atoms with Crippen LogP contribution < -0.4 is 5.32 Å². The first kappa shape index (κ1) is 18.2. The lowest BCUT2D eigenvalue weighted by molar-refractivity contribution is -0.131. The van der Waals surface area contributed by atoms with E-state index in [0.717, 1.165) is 31.0 Å². The molecule has 0 radical (unpaired) electrons. The van der Waals surface area contributed by atoms with Crippen molar-refractivity contribution >= 4 is 17.5 Å². The number of carbonyl (C=O) groups excluding carboxylic acids is 2.